The van der Waals surface area contributed by atoms with Crippen molar-refractivity contribution in [3.8, 4) is 0 Å². The lowest BCUT2D eigenvalue weighted by Gasteiger charge is -2.01. The second-order valence-corrected chi connectivity index (χ2v) is 3.10. The molecule has 0 bridgehead atoms. The molecule has 0 atom stereocenters. The predicted octanol–water partition coefficient (Wildman–Crippen LogP) is 0.953. The smallest absolute Gasteiger partial charge is 0.261 e. The van der Waals surface area contributed by atoms with Gasteiger partial charge in [-0.1, -0.05) is 0 Å². The normalized spacial score (nSPS) is 11.2. The quantitative estimate of drug-likeness (QED) is 0.671. The van der Waals surface area contributed by atoms with Crippen LogP contribution in [0, 0.1) is 0 Å². The van der Waals surface area contributed by atoms with Crippen molar-refractivity contribution in [3.05, 3.63) is 17.7 Å². The number of nitrogens with one attached hydrogen (secondary N) is 2. The highest BCUT2D eigenvalue weighted by Crippen LogP contribution is 1.99. The van der Waals surface area contributed by atoms with Gasteiger partial charge >= 0.3 is 0 Å². The molecular formula is C9H15F2N3O. The molecule has 0 unspecified atom stereocenters. The van der Waals surface area contributed by atoms with Gasteiger partial charge in [-0.2, -0.15) is 0 Å². The monoisotopic (exact) mass is 219 g/mol. The Bertz CT molecular complexity index is 278. The highest BCUT2D eigenvalue weighted by molar-refractivity contribution is 5.00. The van der Waals surface area contributed by atoms with Crippen molar-refractivity contribution in [1.82, 2.24) is 15.3 Å². The van der Waals surface area contributed by atoms with Gasteiger partial charge in [0.1, 0.15) is 12.4 Å². The SMILES string of the molecule is CNCc1cnc(CCOCC(F)F)[nH]1. The van der Waals surface area contributed by atoms with Crippen molar-refractivity contribution < 1.29 is 13.5 Å². The minimum absolute atomic E-state index is 0.261. The van der Waals surface area contributed by atoms with Crippen molar-refractivity contribution in [3.63, 3.8) is 0 Å². The van der Waals surface area contributed by atoms with Crippen LogP contribution in [0.2, 0.25) is 0 Å². The Morgan fingerprint density at radius 2 is 2.40 bits per heavy atom. The molecule has 0 aliphatic carbocycles. The summed E-state index contributed by atoms with van der Waals surface area (Å²) in [5.41, 5.74) is 0.973. The number of halogens is 2. The molecule has 1 aromatic rings. The maximum absolute atomic E-state index is 11.7. The second-order valence-electron chi connectivity index (χ2n) is 3.10. The summed E-state index contributed by atoms with van der Waals surface area (Å²) in [5.74, 6) is 0.759. The molecule has 0 aromatic carbocycles. The Labute approximate surface area is 87.0 Å². The fourth-order valence-electron chi connectivity index (χ4n) is 1.15. The molecule has 6 heteroatoms. The number of aromatic nitrogens is 2. The number of hydrogen-bond acceptors (Lipinski definition) is 3. The van der Waals surface area contributed by atoms with Crippen molar-refractivity contribution in [2.24, 2.45) is 0 Å². The molecule has 0 spiro atoms. The maximum Gasteiger partial charge on any atom is 0.261 e. The van der Waals surface area contributed by atoms with Gasteiger partial charge in [-0.15, -0.1) is 0 Å². The Kier molecular flexibility index (Phi) is 5.20. The summed E-state index contributed by atoms with van der Waals surface area (Å²) in [6.45, 7) is 0.464. The van der Waals surface area contributed by atoms with Crippen LogP contribution in [-0.4, -0.2) is 36.7 Å². The van der Waals surface area contributed by atoms with Gasteiger partial charge in [0.2, 0.25) is 0 Å². The molecule has 2 N–H and O–H groups in total. The van der Waals surface area contributed by atoms with E-state index in [4.69, 9.17) is 4.74 Å². The van der Waals surface area contributed by atoms with Crippen LogP contribution in [0.1, 0.15) is 11.5 Å². The summed E-state index contributed by atoms with van der Waals surface area (Å²) in [5, 5.41) is 2.98. The Morgan fingerprint density at radius 1 is 1.60 bits per heavy atom. The van der Waals surface area contributed by atoms with E-state index in [1.807, 2.05) is 7.05 Å². The Hall–Kier alpha value is -1.01. The molecule has 0 saturated carbocycles. The first-order valence-corrected chi connectivity index (χ1v) is 4.75. The lowest BCUT2D eigenvalue weighted by atomic mass is 10.4. The standard InChI is InChI=1S/C9H15F2N3O/c1-12-4-7-5-13-9(14-7)2-3-15-6-8(10)11/h5,8,12H,2-4,6H2,1H3,(H,13,14). The third-order valence-electron chi connectivity index (χ3n) is 1.78. The number of alkyl halides is 2. The van der Waals surface area contributed by atoms with Crippen LogP contribution in [0.4, 0.5) is 8.78 Å². The van der Waals surface area contributed by atoms with Crippen molar-refractivity contribution >= 4 is 0 Å². The average Bonchev–Trinajstić information content (AvgIpc) is 2.61. The largest absolute Gasteiger partial charge is 0.375 e. The molecule has 0 saturated heterocycles. The van der Waals surface area contributed by atoms with E-state index in [1.165, 1.54) is 0 Å². The van der Waals surface area contributed by atoms with Gasteiger partial charge in [-0.3, -0.25) is 0 Å². The number of imidazole rings is 1. The van der Waals surface area contributed by atoms with Crippen LogP contribution in [-0.2, 0) is 17.7 Å². The maximum atomic E-state index is 11.7. The summed E-state index contributed by atoms with van der Waals surface area (Å²) < 4.78 is 28.2. The van der Waals surface area contributed by atoms with E-state index >= 15 is 0 Å². The van der Waals surface area contributed by atoms with Crippen LogP contribution in [0.3, 0.4) is 0 Å². The van der Waals surface area contributed by atoms with E-state index in [2.05, 4.69) is 15.3 Å². The van der Waals surface area contributed by atoms with Gasteiger partial charge < -0.3 is 15.0 Å². The summed E-state index contributed by atoms with van der Waals surface area (Å²) in [6, 6.07) is 0. The van der Waals surface area contributed by atoms with Crippen LogP contribution in [0.5, 0.6) is 0 Å². The number of ether oxygens (including phenoxy) is 1. The second kappa shape index (κ2) is 6.47. The molecule has 0 amide bonds. The van der Waals surface area contributed by atoms with Gasteiger partial charge in [0.05, 0.1) is 6.61 Å². The number of aromatic amines is 1. The zero-order chi connectivity index (χ0) is 11.1. The third kappa shape index (κ3) is 4.85. The molecule has 1 rings (SSSR count). The number of rotatable bonds is 7. The lowest BCUT2D eigenvalue weighted by molar-refractivity contribution is 0.0183. The minimum Gasteiger partial charge on any atom is -0.375 e. The molecule has 15 heavy (non-hydrogen) atoms. The fraction of sp³-hybridized carbons (Fsp3) is 0.667. The van der Waals surface area contributed by atoms with E-state index in [1.54, 1.807) is 6.20 Å². The first-order valence-electron chi connectivity index (χ1n) is 4.75. The zero-order valence-corrected chi connectivity index (χ0v) is 8.59. The van der Waals surface area contributed by atoms with E-state index in [9.17, 15) is 8.78 Å². The van der Waals surface area contributed by atoms with E-state index in [-0.39, 0.29) is 6.61 Å². The minimum atomic E-state index is -2.40. The molecule has 0 radical (unpaired) electrons. The molecule has 4 nitrogen and oxygen atoms in total. The predicted molar refractivity (Wildman–Crippen MR) is 51.9 cm³/mol. The average molecular weight is 219 g/mol. The van der Waals surface area contributed by atoms with Crippen LogP contribution in [0.15, 0.2) is 6.20 Å². The first-order chi connectivity index (χ1) is 7.22. The van der Waals surface area contributed by atoms with Gasteiger partial charge in [0, 0.05) is 24.9 Å². The van der Waals surface area contributed by atoms with Gasteiger partial charge in [0.25, 0.3) is 6.43 Å². The third-order valence-corrected chi connectivity index (χ3v) is 1.78. The van der Waals surface area contributed by atoms with E-state index in [0.717, 1.165) is 11.5 Å². The fourth-order valence-corrected chi connectivity index (χ4v) is 1.15. The topological polar surface area (TPSA) is 49.9 Å². The zero-order valence-electron chi connectivity index (χ0n) is 8.59. The highest BCUT2D eigenvalue weighted by atomic mass is 19.3. The summed E-state index contributed by atoms with van der Waals surface area (Å²) in [7, 11) is 1.84. The number of hydrogen-bond donors (Lipinski definition) is 2. The van der Waals surface area contributed by atoms with Crippen molar-refractivity contribution in [1.29, 1.82) is 0 Å². The van der Waals surface area contributed by atoms with Gasteiger partial charge in [-0.25, -0.2) is 13.8 Å². The van der Waals surface area contributed by atoms with Crippen molar-refractivity contribution in [2.45, 2.75) is 19.4 Å². The summed E-state index contributed by atoms with van der Waals surface area (Å²) >= 11 is 0. The first kappa shape index (κ1) is 12.1. The number of nitrogens with zero attached hydrogens (tertiary/aromatic N) is 1. The lowest BCUT2D eigenvalue weighted by Crippen LogP contribution is -2.08. The molecule has 86 valence electrons. The van der Waals surface area contributed by atoms with Gasteiger partial charge in [0.15, 0.2) is 0 Å². The van der Waals surface area contributed by atoms with E-state index < -0.39 is 13.0 Å². The van der Waals surface area contributed by atoms with Crippen LogP contribution < -0.4 is 5.32 Å². The van der Waals surface area contributed by atoms with Gasteiger partial charge in [-0.05, 0) is 7.05 Å². The molecule has 1 heterocycles. The summed E-state index contributed by atoms with van der Waals surface area (Å²) in [6.07, 6.45) is -0.156. The number of H-pyrrole nitrogens is 1. The van der Waals surface area contributed by atoms with Crippen LogP contribution >= 0.6 is 0 Å². The highest BCUT2D eigenvalue weighted by Gasteiger charge is 2.03. The molecule has 0 aliphatic rings. The Balaban J connectivity index is 2.19. The van der Waals surface area contributed by atoms with Crippen LogP contribution in [0.25, 0.3) is 0 Å². The molecule has 0 aliphatic heterocycles. The Morgan fingerprint density at radius 3 is 3.07 bits per heavy atom. The molecule has 0 fully saturated rings. The molecule has 1 aromatic heterocycles. The summed E-state index contributed by atoms with van der Waals surface area (Å²) in [4.78, 5) is 7.15. The van der Waals surface area contributed by atoms with Crippen molar-refractivity contribution in [2.75, 3.05) is 20.3 Å². The van der Waals surface area contributed by atoms with E-state index in [0.29, 0.717) is 13.0 Å². The molecular weight excluding hydrogens is 204 g/mol.